The summed E-state index contributed by atoms with van der Waals surface area (Å²) in [5.74, 6) is 0. The summed E-state index contributed by atoms with van der Waals surface area (Å²) in [5.41, 5.74) is 1.88. The van der Waals surface area contributed by atoms with Crippen LogP contribution in [0.2, 0.25) is 0 Å². The summed E-state index contributed by atoms with van der Waals surface area (Å²) in [5, 5.41) is 2.88. The molecule has 5 nitrogen and oxygen atoms in total. The molecule has 0 saturated heterocycles. The fraction of sp³-hybridized carbons (Fsp3) is 0.143. The van der Waals surface area contributed by atoms with E-state index in [1.54, 1.807) is 48.1 Å². The van der Waals surface area contributed by atoms with Gasteiger partial charge in [0.05, 0.1) is 23.5 Å². The number of hydrogen-bond donors (Lipinski definition) is 0. The summed E-state index contributed by atoms with van der Waals surface area (Å²) in [7, 11) is -3.16. The van der Waals surface area contributed by atoms with Gasteiger partial charge >= 0.3 is 0 Å². The lowest BCUT2D eigenvalue weighted by atomic mass is 10.2. The zero-order valence-corrected chi connectivity index (χ0v) is 12.9. The summed E-state index contributed by atoms with van der Waals surface area (Å²) in [6.07, 6.45) is 6.58. The molecule has 0 radical (unpaired) electrons. The van der Waals surface area contributed by atoms with Crippen molar-refractivity contribution in [2.24, 2.45) is 0 Å². The molecule has 0 fully saturated rings. The maximum absolute atomic E-state index is 11.4. The van der Waals surface area contributed by atoms with Crippen LogP contribution < -0.4 is 0 Å². The van der Waals surface area contributed by atoms with Crippen LogP contribution in [-0.4, -0.2) is 29.2 Å². The van der Waals surface area contributed by atoms with Gasteiger partial charge in [-0.3, -0.25) is 0 Å². The summed E-state index contributed by atoms with van der Waals surface area (Å²) in [4.78, 5) is 8.89. The topological polar surface area (TPSA) is 64.8 Å². The predicted octanol–water partition coefficient (Wildman–Crippen LogP) is 2.46. The van der Waals surface area contributed by atoms with Gasteiger partial charge in [0.1, 0.15) is 5.01 Å². The van der Waals surface area contributed by atoms with Gasteiger partial charge in [-0.1, -0.05) is 12.1 Å². The molecule has 2 heterocycles. The van der Waals surface area contributed by atoms with Crippen molar-refractivity contribution < 1.29 is 8.42 Å². The molecule has 0 aliphatic carbocycles. The highest BCUT2D eigenvalue weighted by Gasteiger charge is 2.09. The van der Waals surface area contributed by atoms with Crippen molar-refractivity contribution in [3.63, 3.8) is 0 Å². The SMILES string of the molecule is CS(=O)(=O)c1ccc(-c2nc(Cn3ccnc3)cs2)cc1. The predicted molar refractivity (Wildman–Crippen MR) is 82.0 cm³/mol. The number of rotatable bonds is 4. The molecule has 2 aromatic heterocycles. The fourth-order valence-corrected chi connectivity index (χ4v) is 3.37. The molecule has 0 aliphatic heterocycles. The Morgan fingerprint density at radius 1 is 1.24 bits per heavy atom. The minimum Gasteiger partial charge on any atom is -0.331 e. The van der Waals surface area contributed by atoms with Crippen LogP contribution in [0.1, 0.15) is 5.69 Å². The van der Waals surface area contributed by atoms with E-state index in [0.717, 1.165) is 16.3 Å². The van der Waals surface area contributed by atoms with Crippen LogP contribution in [0.3, 0.4) is 0 Å². The van der Waals surface area contributed by atoms with Crippen molar-refractivity contribution in [2.75, 3.05) is 6.26 Å². The molecule has 0 bridgehead atoms. The van der Waals surface area contributed by atoms with Crippen LogP contribution in [0.25, 0.3) is 10.6 Å². The Morgan fingerprint density at radius 3 is 2.62 bits per heavy atom. The minimum absolute atomic E-state index is 0.321. The smallest absolute Gasteiger partial charge is 0.175 e. The number of imidazole rings is 1. The Morgan fingerprint density at radius 2 is 2.00 bits per heavy atom. The molecular formula is C14H13N3O2S2. The van der Waals surface area contributed by atoms with E-state index in [2.05, 4.69) is 9.97 Å². The first-order valence-corrected chi connectivity index (χ1v) is 9.00. The van der Waals surface area contributed by atoms with Gasteiger partial charge in [0.15, 0.2) is 9.84 Å². The highest BCUT2D eigenvalue weighted by molar-refractivity contribution is 7.90. The molecule has 0 unspecified atom stereocenters. The molecule has 0 saturated carbocycles. The standard InChI is InChI=1S/C14H13N3O2S2/c1-21(18,19)13-4-2-11(3-5-13)14-16-12(9-20-14)8-17-7-6-15-10-17/h2-7,9-10H,8H2,1H3. The van der Waals surface area contributed by atoms with Gasteiger partial charge in [-0.05, 0) is 12.1 Å². The third-order valence-corrected chi connectivity index (χ3v) is 5.05. The van der Waals surface area contributed by atoms with Crippen molar-refractivity contribution in [1.82, 2.24) is 14.5 Å². The van der Waals surface area contributed by atoms with E-state index in [1.807, 2.05) is 16.1 Å². The number of thiazole rings is 1. The Hall–Kier alpha value is -1.99. The lowest BCUT2D eigenvalue weighted by Crippen LogP contribution is -1.97. The molecule has 0 amide bonds. The zero-order chi connectivity index (χ0) is 14.9. The van der Waals surface area contributed by atoms with Crippen molar-refractivity contribution in [3.05, 3.63) is 54.1 Å². The second kappa shape index (κ2) is 5.42. The lowest BCUT2D eigenvalue weighted by Gasteiger charge is -2.00. The van der Waals surface area contributed by atoms with E-state index in [9.17, 15) is 8.42 Å². The number of sulfone groups is 1. The van der Waals surface area contributed by atoms with Gasteiger partial charge < -0.3 is 4.57 Å². The normalized spacial score (nSPS) is 11.7. The third kappa shape index (κ3) is 3.20. The summed E-state index contributed by atoms with van der Waals surface area (Å²) in [6.45, 7) is 0.678. The maximum Gasteiger partial charge on any atom is 0.175 e. The number of benzene rings is 1. The molecule has 21 heavy (non-hydrogen) atoms. The molecule has 0 spiro atoms. The van der Waals surface area contributed by atoms with Crippen molar-refractivity contribution in [2.45, 2.75) is 11.4 Å². The third-order valence-electron chi connectivity index (χ3n) is 2.98. The molecule has 0 N–H and O–H groups in total. The molecule has 0 aliphatic rings. The first-order chi connectivity index (χ1) is 10.0. The summed E-state index contributed by atoms with van der Waals surface area (Å²) >= 11 is 1.54. The van der Waals surface area contributed by atoms with Gasteiger partial charge in [0.25, 0.3) is 0 Å². The first kappa shape index (κ1) is 14.0. The van der Waals surface area contributed by atoms with Crippen LogP contribution in [0.4, 0.5) is 0 Å². The van der Waals surface area contributed by atoms with Crippen LogP contribution >= 0.6 is 11.3 Å². The molecule has 1 aromatic carbocycles. The van der Waals surface area contributed by atoms with E-state index in [1.165, 1.54) is 6.26 Å². The monoisotopic (exact) mass is 319 g/mol. The van der Waals surface area contributed by atoms with Gasteiger partial charge in [0.2, 0.25) is 0 Å². The average molecular weight is 319 g/mol. The second-order valence-electron chi connectivity index (χ2n) is 4.68. The van der Waals surface area contributed by atoms with Gasteiger partial charge in [-0.15, -0.1) is 11.3 Å². The summed E-state index contributed by atoms with van der Waals surface area (Å²) < 4.78 is 24.8. The number of hydrogen-bond acceptors (Lipinski definition) is 5. The van der Waals surface area contributed by atoms with Crippen molar-refractivity contribution >= 4 is 21.2 Å². The fourth-order valence-electron chi connectivity index (χ4n) is 1.92. The molecular weight excluding hydrogens is 306 g/mol. The van der Waals surface area contributed by atoms with Gasteiger partial charge in [-0.2, -0.15) is 0 Å². The van der Waals surface area contributed by atoms with Crippen LogP contribution in [-0.2, 0) is 16.4 Å². The Labute approximate surface area is 126 Å². The molecule has 7 heteroatoms. The molecule has 3 rings (SSSR count). The van der Waals surface area contributed by atoms with Crippen molar-refractivity contribution in [3.8, 4) is 10.6 Å². The Bertz CT molecular complexity index is 835. The molecule has 108 valence electrons. The second-order valence-corrected chi connectivity index (χ2v) is 7.55. The van der Waals surface area contributed by atoms with Gasteiger partial charge in [0, 0.05) is 29.6 Å². The van der Waals surface area contributed by atoms with Crippen LogP contribution in [0, 0.1) is 0 Å². The van der Waals surface area contributed by atoms with Gasteiger partial charge in [-0.25, -0.2) is 18.4 Å². The van der Waals surface area contributed by atoms with E-state index in [4.69, 9.17) is 0 Å². The number of nitrogens with zero attached hydrogens (tertiary/aromatic N) is 3. The Kier molecular flexibility index (Phi) is 3.60. The largest absolute Gasteiger partial charge is 0.331 e. The minimum atomic E-state index is -3.16. The van der Waals surface area contributed by atoms with Crippen molar-refractivity contribution in [1.29, 1.82) is 0 Å². The van der Waals surface area contributed by atoms with E-state index < -0.39 is 9.84 Å². The Balaban J connectivity index is 1.83. The molecule has 0 atom stereocenters. The van der Waals surface area contributed by atoms with E-state index in [0.29, 0.717) is 11.4 Å². The summed E-state index contributed by atoms with van der Waals surface area (Å²) in [6, 6.07) is 6.80. The highest BCUT2D eigenvalue weighted by atomic mass is 32.2. The average Bonchev–Trinajstić information content (AvgIpc) is 3.10. The zero-order valence-electron chi connectivity index (χ0n) is 11.3. The van der Waals surface area contributed by atoms with Crippen LogP contribution in [0.15, 0.2) is 53.3 Å². The first-order valence-electron chi connectivity index (χ1n) is 6.23. The quantitative estimate of drug-likeness (QED) is 0.741. The number of aromatic nitrogens is 3. The van der Waals surface area contributed by atoms with E-state index >= 15 is 0 Å². The van der Waals surface area contributed by atoms with Crippen LogP contribution in [0.5, 0.6) is 0 Å². The van der Waals surface area contributed by atoms with E-state index in [-0.39, 0.29) is 0 Å². The molecule has 3 aromatic rings. The maximum atomic E-state index is 11.4. The highest BCUT2D eigenvalue weighted by Crippen LogP contribution is 2.25. The lowest BCUT2D eigenvalue weighted by molar-refractivity contribution is 0.602.